The highest BCUT2D eigenvalue weighted by Gasteiger charge is 2.13. The van der Waals surface area contributed by atoms with Crippen LogP contribution in [-0.2, 0) is 6.54 Å². The van der Waals surface area contributed by atoms with Crippen LogP contribution in [-0.4, -0.2) is 28.1 Å². The van der Waals surface area contributed by atoms with Crippen molar-refractivity contribution in [3.8, 4) is 11.5 Å². The molecule has 2 aromatic carbocycles. The van der Waals surface area contributed by atoms with Gasteiger partial charge in [-0.05, 0) is 55.5 Å². The predicted octanol–water partition coefficient (Wildman–Crippen LogP) is 3.06. The minimum absolute atomic E-state index is 0.0975. The Labute approximate surface area is 167 Å². The topological polar surface area (TPSA) is 87.9 Å². The lowest BCUT2D eigenvalue weighted by molar-refractivity contribution is 0.415. The number of hydrazone groups is 1. The number of ether oxygens (including phenoxy) is 1. The van der Waals surface area contributed by atoms with Gasteiger partial charge in [0.15, 0.2) is 5.11 Å². The second kappa shape index (κ2) is 8.53. The largest absolute Gasteiger partial charge is 0.506 e. The fourth-order valence-electron chi connectivity index (χ4n) is 2.83. The zero-order valence-corrected chi connectivity index (χ0v) is 16.3. The quantitative estimate of drug-likeness (QED) is 0.349. The van der Waals surface area contributed by atoms with Crippen LogP contribution in [0.4, 0.5) is 5.69 Å². The molecule has 3 aromatic rings. The van der Waals surface area contributed by atoms with Crippen LogP contribution in [0.15, 0.2) is 58.4 Å². The summed E-state index contributed by atoms with van der Waals surface area (Å²) in [7, 11) is 1.60. The van der Waals surface area contributed by atoms with Crippen LogP contribution in [0, 0.1) is 0 Å². The minimum atomic E-state index is -0.321. The molecular formula is C20H20N4O3S. The summed E-state index contributed by atoms with van der Waals surface area (Å²) in [4.78, 5) is 12.7. The van der Waals surface area contributed by atoms with Crippen LogP contribution in [0.3, 0.4) is 0 Å². The van der Waals surface area contributed by atoms with Gasteiger partial charge >= 0.3 is 0 Å². The van der Waals surface area contributed by atoms with E-state index in [9.17, 15) is 9.90 Å². The van der Waals surface area contributed by atoms with E-state index in [2.05, 4.69) is 15.8 Å². The number of fused-ring (bicyclic) bond motifs is 1. The van der Waals surface area contributed by atoms with Crippen molar-refractivity contribution in [3.63, 3.8) is 0 Å². The zero-order chi connectivity index (χ0) is 20.1. The van der Waals surface area contributed by atoms with Crippen molar-refractivity contribution in [1.29, 1.82) is 0 Å². The summed E-state index contributed by atoms with van der Waals surface area (Å²) < 4.78 is 6.69. The van der Waals surface area contributed by atoms with Crippen molar-refractivity contribution in [1.82, 2.24) is 9.99 Å². The molecule has 7 nitrogen and oxygen atoms in total. The number of aromatic hydroxyl groups is 1. The molecule has 0 fully saturated rings. The molecule has 0 saturated heterocycles. The van der Waals surface area contributed by atoms with Gasteiger partial charge in [0.2, 0.25) is 0 Å². The number of nitrogens with zero attached hydrogens (tertiary/aromatic N) is 2. The summed E-state index contributed by atoms with van der Waals surface area (Å²) in [5.41, 5.74) is 3.86. The molecule has 0 aliphatic rings. The van der Waals surface area contributed by atoms with Crippen LogP contribution < -0.4 is 21.0 Å². The third-order valence-electron chi connectivity index (χ3n) is 4.20. The summed E-state index contributed by atoms with van der Waals surface area (Å²) in [5, 5.41) is 18.3. The highest BCUT2D eigenvalue weighted by molar-refractivity contribution is 7.80. The Morgan fingerprint density at radius 1 is 1.25 bits per heavy atom. The number of aromatic nitrogens is 1. The molecule has 0 radical (unpaired) electrons. The Balaban J connectivity index is 1.79. The van der Waals surface area contributed by atoms with E-state index < -0.39 is 0 Å². The summed E-state index contributed by atoms with van der Waals surface area (Å²) >= 11 is 5.19. The first-order chi connectivity index (χ1) is 13.5. The highest BCUT2D eigenvalue weighted by atomic mass is 32.1. The normalized spacial score (nSPS) is 10.9. The molecule has 0 saturated carbocycles. The number of rotatable bonds is 5. The number of benzene rings is 2. The summed E-state index contributed by atoms with van der Waals surface area (Å²) in [6, 6.07) is 14.4. The number of para-hydroxylation sites is 1. The monoisotopic (exact) mass is 396 g/mol. The van der Waals surface area contributed by atoms with Gasteiger partial charge in [-0.1, -0.05) is 12.1 Å². The molecule has 0 unspecified atom stereocenters. The van der Waals surface area contributed by atoms with Crippen molar-refractivity contribution >= 4 is 40.1 Å². The molecule has 144 valence electrons. The van der Waals surface area contributed by atoms with Gasteiger partial charge in [-0.2, -0.15) is 5.10 Å². The molecule has 1 aromatic heterocycles. The van der Waals surface area contributed by atoms with Crippen LogP contribution in [0.25, 0.3) is 10.9 Å². The molecule has 0 spiro atoms. The summed E-state index contributed by atoms with van der Waals surface area (Å²) in [6.07, 6.45) is 1.28. The van der Waals surface area contributed by atoms with Crippen molar-refractivity contribution in [2.45, 2.75) is 13.5 Å². The maximum Gasteiger partial charge on any atom is 0.263 e. The van der Waals surface area contributed by atoms with Crippen molar-refractivity contribution < 1.29 is 9.84 Å². The van der Waals surface area contributed by atoms with Gasteiger partial charge in [-0.25, -0.2) is 0 Å². The highest BCUT2D eigenvalue weighted by Crippen LogP contribution is 2.25. The number of thiocarbonyl (C=S) groups is 1. The van der Waals surface area contributed by atoms with Crippen LogP contribution in [0.2, 0.25) is 0 Å². The van der Waals surface area contributed by atoms with Gasteiger partial charge in [-0.15, -0.1) is 0 Å². The van der Waals surface area contributed by atoms with E-state index in [4.69, 9.17) is 17.0 Å². The lowest BCUT2D eigenvalue weighted by Gasteiger charge is -2.11. The number of hydrogen-bond donors (Lipinski definition) is 3. The first kappa shape index (κ1) is 19.4. The predicted molar refractivity (Wildman–Crippen MR) is 115 cm³/mol. The third kappa shape index (κ3) is 3.96. The fourth-order valence-corrected chi connectivity index (χ4v) is 3.00. The van der Waals surface area contributed by atoms with Crippen LogP contribution in [0.1, 0.15) is 12.5 Å². The number of nitrogens with one attached hydrogen (secondary N) is 2. The van der Waals surface area contributed by atoms with E-state index in [1.165, 1.54) is 6.21 Å². The van der Waals surface area contributed by atoms with E-state index in [-0.39, 0.29) is 22.0 Å². The third-order valence-corrected chi connectivity index (χ3v) is 4.40. The molecule has 0 bridgehead atoms. The molecule has 0 aliphatic carbocycles. The number of aryl methyl sites for hydroxylation is 1. The SMILES string of the molecule is CCn1c(=O)c(C=NNC(=S)Nc2ccc(OC)cc2)c(O)c2ccccc21. The van der Waals surface area contributed by atoms with Gasteiger partial charge in [0, 0.05) is 17.6 Å². The molecule has 0 atom stereocenters. The first-order valence-corrected chi connectivity index (χ1v) is 9.04. The number of pyridine rings is 1. The molecule has 3 N–H and O–H groups in total. The molecule has 0 aliphatic heterocycles. The maximum absolute atomic E-state index is 12.7. The molecule has 28 heavy (non-hydrogen) atoms. The zero-order valence-electron chi connectivity index (χ0n) is 15.5. The second-order valence-corrected chi connectivity index (χ2v) is 6.29. The molecule has 8 heteroatoms. The Kier molecular flexibility index (Phi) is 5.90. The molecular weight excluding hydrogens is 376 g/mol. The van der Waals surface area contributed by atoms with Gasteiger partial charge < -0.3 is 19.7 Å². The van der Waals surface area contributed by atoms with E-state index >= 15 is 0 Å². The van der Waals surface area contributed by atoms with Gasteiger partial charge in [0.1, 0.15) is 17.1 Å². The Hall–Kier alpha value is -3.39. The van der Waals surface area contributed by atoms with Gasteiger partial charge in [0.25, 0.3) is 5.56 Å². The van der Waals surface area contributed by atoms with Crippen molar-refractivity contribution in [3.05, 3.63) is 64.4 Å². The van der Waals surface area contributed by atoms with Crippen LogP contribution >= 0.6 is 12.2 Å². The van der Waals surface area contributed by atoms with Crippen molar-refractivity contribution in [2.24, 2.45) is 5.10 Å². The van der Waals surface area contributed by atoms with E-state index in [1.807, 2.05) is 25.1 Å². The van der Waals surface area contributed by atoms with E-state index in [1.54, 1.807) is 42.0 Å². The van der Waals surface area contributed by atoms with Crippen LogP contribution in [0.5, 0.6) is 11.5 Å². The van der Waals surface area contributed by atoms with E-state index in [0.717, 1.165) is 11.4 Å². The number of hydrogen-bond acceptors (Lipinski definition) is 5. The Bertz CT molecular complexity index is 1090. The van der Waals surface area contributed by atoms with Gasteiger partial charge in [0.05, 0.1) is 18.8 Å². The standard InChI is InChI=1S/C20H20N4O3S/c1-3-24-17-7-5-4-6-15(17)18(25)16(19(24)26)12-21-23-20(28)22-13-8-10-14(27-2)11-9-13/h4-12,25H,3H2,1-2H3,(H2,22,23,28). The smallest absolute Gasteiger partial charge is 0.263 e. The number of methoxy groups -OCH3 is 1. The average molecular weight is 396 g/mol. The summed E-state index contributed by atoms with van der Waals surface area (Å²) in [5.74, 6) is 0.631. The molecule has 1 heterocycles. The molecule has 3 rings (SSSR count). The number of anilines is 1. The summed E-state index contributed by atoms with van der Waals surface area (Å²) in [6.45, 7) is 2.35. The van der Waals surface area contributed by atoms with E-state index in [0.29, 0.717) is 17.4 Å². The second-order valence-electron chi connectivity index (χ2n) is 5.88. The van der Waals surface area contributed by atoms with Gasteiger partial charge in [-0.3, -0.25) is 10.2 Å². The van der Waals surface area contributed by atoms with Crippen molar-refractivity contribution in [2.75, 3.05) is 12.4 Å². The Morgan fingerprint density at radius 2 is 1.96 bits per heavy atom. The molecule has 0 amide bonds. The maximum atomic E-state index is 12.7. The average Bonchev–Trinajstić information content (AvgIpc) is 2.71. The Morgan fingerprint density at radius 3 is 2.64 bits per heavy atom. The fraction of sp³-hybridized carbons (Fsp3) is 0.150. The lowest BCUT2D eigenvalue weighted by atomic mass is 10.1. The lowest BCUT2D eigenvalue weighted by Crippen LogP contribution is -2.26. The minimum Gasteiger partial charge on any atom is -0.506 e. The first-order valence-electron chi connectivity index (χ1n) is 8.63.